The third-order valence-electron chi connectivity index (χ3n) is 4.76. The first kappa shape index (κ1) is 21.2. The van der Waals surface area contributed by atoms with Crippen LogP contribution in [0.5, 0.6) is 0 Å². The van der Waals surface area contributed by atoms with Gasteiger partial charge in [-0.25, -0.2) is 0 Å². The predicted octanol–water partition coefficient (Wildman–Crippen LogP) is 3.23. The molecule has 1 atom stereocenters. The molecule has 2 heterocycles. The van der Waals surface area contributed by atoms with Crippen molar-refractivity contribution in [3.05, 3.63) is 30.1 Å². The smallest absolute Gasteiger partial charge is 0.103 e. The van der Waals surface area contributed by atoms with Crippen LogP contribution in [0.15, 0.2) is 24.4 Å². The van der Waals surface area contributed by atoms with Crippen LogP contribution in [0.2, 0.25) is 0 Å². The summed E-state index contributed by atoms with van der Waals surface area (Å²) in [5.41, 5.74) is 1.04. The fraction of sp³-hybridized carbons (Fsp3) is 0.700. The van der Waals surface area contributed by atoms with Gasteiger partial charge in [0, 0.05) is 19.3 Å². The first-order valence-corrected chi connectivity index (χ1v) is 10.4. The Balaban J connectivity index is 2.08. The fourth-order valence-electron chi connectivity index (χ4n) is 3.16. The van der Waals surface area contributed by atoms with E-state index in [-0.39, 0.29) is 6.04 Å². The van der Waals surface area contributed by atoms with Gasteiger partial charge in [-0.05, 0) is 38.1 Å². The number of unbranched alkanes of at least 4 members (excludes halogenated alkanes) is 2. The van der Waals surface area contributed by atoms with Crippen molar-refractivity contribution < 1.29 is 4.74 Å². The molecule has 1 unspecified atom stereocenters. The summed E-state index contributed by atoms with van der Waals surface area (Å²) < 4.78 is 5.43. The maximum absolute atomic E-state index is 5.85. The summed E-state index contributed by atoms with van der Waals surface area (Å²) in [7, 11) is 0. The standard InChI is InChI=1S/C20H34N4OS/c1-3-5-11-24(12-6-4-2)19(18-9-7-8-10-21-18)20(26)22-17-23-13-15-25-16-14-23/h7-10,19H,3-6,11-17H2,1-2H3,(H,22,26). The third kappa shape index (κ3) is 6.91. The van der Waals surface area contributed by atoms with Gasteiger partial charge in [0.25, 0.3) is 0 Å². The Morgan fingerprint density at radius 3 is 2.50 bits per heavy atom. The molecular weight excluding hydrogens is 344 g/mol. The van der Waals surface area contributed by atoms with Gasteiger partial charge >= 0.3 is 0 Å². The first-order chi connectivity index (χ1) is 12.8. The van der Waals surface area contributed by atoms with Crippen LogP contribution in [0.1, 0.15) is 51.3 Å². The second kappa shape index (κ2) is 12.3. The summed E-state index contributed by atoms with van der Waals surface area (Å²) in [4.78, 5) is 10.4. The highest BCUT2D eigenvalue weighted by Gasteiger charge is 2.25. The average Bonchev–Trinajstić information content (AvgIpc) is 2.70. The van der Waals surface area contributed by atoms with Gasteiger partial charge in [-0.15, -0.1) is 0 Å². The molecule has 6 heteroatoms. The molecule has 1 fully saturated rings. The Bertz CT molecular complexity index is 500. The van der Waals surface area contributed by atoms with Crippen LogP contribution in [0.3, 0.4) is 0 Å². The molecule has 1 aromatic heterocycles. The molecule has 0 aliphatic carbocycles. The molecule has 0 radical (unpaired) electrons. The number of nitrogens with zero attached hydrogens (tertiary/aromatic N) is 3. The van der Waals surface area contributed by atoms with E-state index in [2.05, 4.69) is 46.1 Å². The van der Waals surface area contributed by atoms with Crippen LogP contribution in [-0.4, -0.2) is 65.8 Å². The second-order valence-corrected chi connectivity index (χ2v) is 7.27. The molecule has 0 aromatic carbocycles. The van der Waals surface area contributed by atoms with E-state index in [1.165, 1.54) is 25.7 Å². The molecule has 0 spiro atoms. The molecule has 0 bridgehead atoms. The molecule has 1 saturated heterocycles. The van der Waals surface area contributed by atoms with Crippen LogP contribution in [0.25, 0.3) is 0 Å². The topological polar surface area (TPSA) is 40.6 Å². The largest absolute Gasteiger partial charge is 0.379 e. The summed E-state index contributed by atoms with van der Waals surface area (Å²) in [6, 6.07) is 6.16. The quantitative estimate of drug-likeness (QED) is 0.596. The van der Waals surface area contributed by atoms with E-state index >= 15 is 0 Å². The molecule has 146 valence electrons. The summed E-state index contributed by atoms with van der Waals surface area (Å²) in [6.45, 7) is 10.9. The number of ether oxygens (including phenoxy) is 1. The molecule has 1 aliphatic rings. The van der Waals surface area contributed by atoms with Gasteiger partial charge in [-0.3, -0.25) is 14.8 Å². The van der Waals surface area contributed by atoms with Crippen molar-refractivity contribution >= 4 is 17.2 Å². The van der Waals surface area contributed by atoms with Gasteiger partial charge in [0.05, 0.1) is 30.6 Å². The van der Waals surface area contributed by atoms with E-state index in [9.17, 15) is 0 Å². The first-order valence-electron chi connectivity index (χ1n) is 9.99. The van der Waals surface area contributed by atoms with E-state index in [0.29, 0.717) is 0 Å². The van der Waals surface area contributed by atoms with Crippen LogP contribution < -0.4 is 5.32 Å². The van der Waals surface area contributed by atoms with Crippen LogP contribution in [0, 0.1) is 0 Å². The van der Waals surface area contributed by atoms with Crippen LogP contribution in [-0.2, 0) is 4.74 Å². The zero-order valence-corrected chi connectivity index (χ0v) is 17.1. The predicted molar refractivity (Wildman–Crippen MR) is 111 cm³/mol. The van der Waals surface area contributed by atoms with E-state index in [4.69, 9.17) is 17.0 Å². The minimum Gasteiger partial charge on any atom is -0.379 e. The Kier molecular flexibility index (Phi) is 10.1. The summed E-state index contributed by atoms with van der Waals surface area (Å²) in [5.74, 6) is 0. The van der Waals surface area contributed by atoms with Gasteiger partial charge in [-0.2, -0.15) is 0 Å². The molecule has 26 heavy (non-hydrogen) atoms. The van der Waals surface area contributed by atoms with Gasteiger partial charge in [0.1, 0.15) is 6.04 Å². The summed E-state index contributed by atoms with van der Waals surface area (Å²) in [6.07, 6.45) is 6.60. The minimum absolute atomic E-state index is 0.0466. The lowest BCUT2D eigenvalue weighted by atomic mass is 10.1. The zero-order chi connectivity index (χ0) is 18.6. The van der Waals surface area contributed by atoms with E-state index in [1.807, 2.05) is 12.3 Å². The van der Waals surface area contributed by atoms with Crippen molar-refractivity contribution in [3.63, 3.8) is 0 Å². The van der Waals surface area contributed by atoms with Gasteiger partial charge in [-0.1, -0.05) is 45.0 Å². The minimum atomic E-state index is 0.0466. The Morgan fingerprint density at radius 1 is 1.23 bits per heavy atom. The second-order valence-electron chi connectivity index (χ2n) is 6.83. The lowest BCUT2D eigenvalue weighted by Crippen LogP contribution is -2.47. The molecule has 1 N–H and O–H groups in total. The fourth-order valence-corrected chi connectivity index (χ4v) is 3.50. The molecule has 1 aromatic rings. The molecular formula is C20H34N4OS. The Hall–Kier alpha value is -1.08. The number of nitrogens with one attached hydrogen (secondary N) is 1. The highest BCUT2D eigenvalue weighted by molar-refractivity contribution is 7.80. The highest BCUT2D eigenvalue weighted by atomic mass is 32.1. The third-order valence-corrected chi connectivity index (χ3v) is 5.13. The monoisotopic (exact) mass is 378 g/mol. The lowest BCUT2D eigenvalue weighted by molar-refractivity contribution is 0.0365. The highest BCUT2D eigenvalue weighted by Crippen LogP contribution is 2.21. The summed E-state index contributed by atoms with van der Waals surface area (Å²) >= 11 is 5.85. The van der Waals surface area contributed by atoms with E-state index in [1.54, 1.807) is 0 Å². The Labute approximate surface area is 164 Å². The normalized spacial score (nSPS) is 16.6. The molecule has 0 amide bonds. The number of aromatic nitrogens is 1. The zero-order valence-electron chi connectivity index (χ0n) is 16.3. The number of rotatable bonds is 11. The van der Waals surface area contributed by atoms with Crippen molar-refractivity contribution in [2.75, 3.05) is 46.1 Å². The van der Waals surface area contributed by atoms with Crippen molar-refractivity contribution in [1.29, 1.82) is 0 Å². The number of hydrogen-bond donors (Lipinski definition) is 1. The summed E-state index contributed by atoms with van der Waals surface area (Å²) in [5, 5.41) is 3.50. The van der Waals surface area contributed by atoms with Crippen LogP contribution in [0.4, 0.5) is 0 Å². The Morgan fingerprint density at radius 2 is 1.92 bits per heavy atom. The molecule has 2 rings (SSSR count). The number of hydrogen-bond acceptors (Lipinski definition) is 5. The molecule has 1 aliphatic heterocycles. The average molecular weight is 379 g/mol. The van der Waals surface area contributed by atoms with Gasteiger partial charge in [0.15, 0.2) is 0 Å². The van der Waals surface area contributed by atoms with Gasteiger partial charge < -0.3 is 10.1 Å². The lowest BCUT2D eigenvalue weighted by Gasteiger charge is -2.34. The number of thiocarbonyl (C=S) groups is 1. The molecule has 0 saturated carbocycles. The van der Waals surface area contributed by atoms with Crippen molar-refractivity contribution in [3.8, 4) is 0 Å². The number of morpholine rings is 1. The van der Waals surface area contributed by atoms with E-state index < -0.39 is 0 Å². The van der Waals surface area contributed by atoms with E-state index in [0.717, 1.165) is 56.7 Å². The molecule has 5 nitrogen and oxygen atoms in total. The van der Waals surface area contributed by atoms with Crippen molar-refractivity contribution in [2.45, 2.75) is 45.6 Å². The van der Waals surface area contributed by atoms with Crippen LogP contribution >= 0.6 is 12.2 Å². The van der Waals surface area contributed by atoms with Crippen molar-refractivity contribution in [2.24, 2.45) is 0 Å². The maximum Gasteiger partial charge on any atom is 0.103 e. The SMILES string of the molecule is CCCCN(CCCC)C(C(=S)NCN1CCOCC1)c1ccccn1. The van der Waals surface area contributed by atoms with Crippen molar-refractivity contribution in [1.82, 2.24) is 20.1 Å². The number of pyridine rings is 1. The maximum atomic E-state index is 5.85. The van der Waals surface area contributed by atoms with Gasteiger partial charge in [0.2, 0.25) is 0 Å².